The summed E-state index contributed by atoms with van der Waals surface area (Å²) < 4.78 is 5.50. The number of anilines is 1. The van der Waals surface area contributed by atoms with E-state index < -0.39 is 35.8 Å². The van der Waals surface area contributed by atoms with Crippen LogP contribution < -0.4 is 16.4 Å². The van der Waals surface area contributed by atoms with Gasteiger partial charge in [-0.25, -0.2) is 4.79 Å². The standard InChI is InChI=1S/C27H33ClN4O6/c1-2-18-7-9-20(10-8-18)31-26(37)38-17-27(25(36)30-16-19-5-3-4-6-21(19)28)11-13-32(14-12-27)24(35)22(29)15-23(33)34/h3-10,22H,2,11-17,29H2,1H3,(H,30,36)(H,31,37)(H,33,34). The average Bonchev–Trinajstić information content (AvgIpc) is 2.91. The van der Waals surface area contributed by atoms with E-state index in [4.69, 9.17) is 27.2 Å². The molecule has 3 rings (SSSR count). The summed E-state index contributed by atoms with van der Waals surface area (Å²) in [4.78, 5) is 51.0. The summed E-state index contributed by atoms with van der Waals surface area (Å²) in [5.41, 5.74) is 7.08. The second-order valence-electron chi connectivity index (χ2n) is 9.34. The molecule has 1 saturated heterocycles. The number of aryl methyl sites for hydroxylation is 1. The van der Waals surface area contributed by atoms with Crippen LogP contribution in [0.1, 0.15) is 37.3 Å². The zero-order valence-electron chi connectivity index (χ0n) is 21.2. The Labute approximate surface area is 226 Å². The van der Waals surface area contributed by atoms with Crippen LogP contribution in [-0.4, -0.2) is 59.6 Å². The number of carbonyl (C=O) groups is 4. The maximum Gasteiger partial charge on any atom is 0.411 e. The highest BCUT2D eigenvalue weighted by atomic mass is 35.5. The van der Waals surface area contributed by atoms with Crippen LogP contribution in [-0.2, 0) is 32.1 Å². The number of carboxylic acids is 1. The first-order valence-corrected chi connectivity index (χ1v) is 12.8. The van der Waals surface area contributed by atoms with Gasteiger partial charge in [-0.05, 0) is 48.6 Å². The molecule has 1 aliphatic rings. The van der Waals surface area contributed by atoms with Crippen molar-refractivity contribution in [1.82, 2.24) is 10.2 Å². The van der Waals surface area contributed by atoms with Crippen molar-refractivity contribution in [2.24, 2.45) is 11.1 Å². The van der Waals surface area contributed by atoms with E-state index in [1.807, 2.05) is 25.1 Å². The number of likely N-dealkylation sites (tertiary alicyclic amines) is 1. The number of aliphatic carboxylic acids is 1. The molecule has 0 bridgehead atoms. The van der Waals surface area contributed by atoms with Crippen molar-refractivity contribution < 1.29 is 29.0 Å². The van der Waals surface area contributed by atoms with Crippen molar-refractivity contribution in [3.8, 4) is 0 Å². The van der Waals surface area contributed by atoms with E-state index in [0.29, 0.717) is 10.7 Å². The summed E-state index contributed by atoms with van der Waals surface area (Å²) >= 11 is 6.22. The lowest BCUT2D eigenvalue weighted by Gasteiger charge is -2.40. The summed E-state index contributed by atoms with van der Waals surface area (Å²) in [6, 6.07) is 13.3. The summed E-state index contributed by atoms with van der Waals surface area (Å²) in [5, 5.41) is 15.0. The van der Waals surface area contributed by atoms with E-state index in [1.165, 1.54) is 4.90 Å². The number of hydrogen-bond donors (Lipinski definition) is 4. The quantitative estimate of drug-likeness (QED) is 0.358. The highest BCUT2D eigenvalue weighted by molar-refractivity contribution is 6.31. The first kappa shape index (κ1) is 28.9. The zero-order chi connectivity index (χ0) is 27.7. The molecule has 1 aliphatic heterocycles. The molecular formula is C27H33ClN4O6. The Bertz CT molecular complexity index is 1150. The van der Waals surface area contributed by atoms with E-state index in [2.05, 4.69) is 10.6 Å². The molecule has 0 radical (unpaired) electrons. The Kier molecular flexibility index (Phi) is 10.1. The second kappa shape index (κ2) is 13.3. The van der Waals surface area contributed by atoms with E-state index in [-0.39, 0.29) is 45.0 Å². The Balaban J connectivity index is 1.68. The Morgan fingerprint density at radius 1 is 1.11 bits per heavy atom. The number of carbonyl (C=O) groups excluding carboxylic acids is 3. The molecule has 204 valence electrons. The van der Waals surface area contributed by atoms with Crippen LogP contribution in [0, 0.1) is 5.41 Å². The van der Waals surface area contributed by atoms with Crippen LogP contribution >= 0.6 is 11.6 Å². The van der Waals surface area contributed by atoms with Crippen molar-refractivity contribution in [2.75, 3.05) is 25.0 Å². The summed E-state index contributed by atoms with van der Waals surface area (Å²) in [5.74, 6) is -1.99. The molecular weight excluding hydrogens is 512 g/mol. The van der Waals surface area contributed by atoms with Gasteiger partial charge in [-0.15, -0.1) is 0 Å². The van der Waals surface area contributed by atoms with E-state index >= 15 is 0 Å². The average molecular weight is 545 g/mol. The smallest absolute Gasteiger partial charge is 0.411 e. The molecule has 2 aromatic carbocycles. The van der Waals surface area contributed by atoms with Crippen molar-refractivity contribution in [2.45, 2.75) is 45.2 Å². The van der Waals surface area contributed by atoms with Gasteiger partial charge in [0, 0.05) is 30.3 Å². The Morgan fingerprint density at radius 3 is 2.37 bits per heavy atom. The zero-order valence-corrected chi connectivity index (χ0v) is 22.0. The monoisotopic (exact) mass is 544 g/mol. The summed E-state index contributed by atoms with van der Waals surface area (Å²) in [6.07, 6.45) is 0.0875. The second-order valence-corrected chi connectivity index (χ2v) is 9.74. The van der Waals surface area contributed by atoms with Gasteiger partial charge in [0.05, 0.1) is 17.9 Å². The Morgan fingerprint density at radius 2 is 1.76 bits per heavy atom. The van der Waals surface area contributed by atoms with Gasteiger partial charge in [0.15, 0.2) is 0 Å². The predicted molar refractivity (Wildman–Crippen MR) is 143 cm³/mol. The molecule has 1 fully saturated rings. The lowest BCUT2D eigenvalue weighted by Crippen LogP contribution is -2.55. The lowest BCUT2D eigenvalue weighted by atomic mass is 9.78. The molecule has 0 spiro atoms. The third-order valence-corrected chi connectivity index (χ3v) is 7.08. The van der Waals surface area contributed by atoms with Gasteiger partial charge >= 0.3 is 12.1 Å². The van der Waals surface area contributed by atoms with E-state index in [0.717, 1.165) is 17.5 Å². The van der Waals surface area contributed by atoms with Gasteiger partial charge in [-0.3, -0.25) is 19.7 Å². The topological polar surface area (TPSA) is 151 Å². The van der Waals surface area contributed by atoms with Crippen LogP contribution in [0.5, 0.6) is 0 Å². The molecule has 11 heteroatoms. The normalized spacial score (nSPS) is 15.3. The highest BCUT2D eigenvalue weighted by Crippen LogP contribution is 2.33. The molecule has 38 heavy (non-hydrogen) atoms. The number of nitrogens with one attached hydrogen (secondary N) is 2. The third-order valence-electron chi connectivity index (χ3n) is 6.71. The van der Waals surface area contributed by atoms with Crippen LogP contribution in [0.25, 0.3) is 0 Å². The van der Waals surface area contributed by atoms with Gasteiger partial charge in [-0.2, -0.15) is 0 Å². The molecule has 1 heterocycles. The molecule has 1 atom stereocenters. The van der Waals surface area contributed by atoms with Crippen LogP contribution in [0.3, 0.4) is 0 Å². The van der Waals surface area contributed by atoms with E-state index in [1.54, 1.807) is 30.3 Å². The summed E-state index contributed by atoms with van der Waals surface area (Å²) in [7, 11) is 0. The molecule has 0 aromatic heterocycles. The van der Waals surface area contributed by atoms with Gasteiger partial charge < -0.3 is 25.8 Å². The number of ether oxygens (including phenoxy) is 1. The molecule has 0 saturated carbocycles. The van der Waals surface area contributed by atoms with Crippen molar-refractivity contribution in [3.63, 3.8) is 0 Å². The van der Waals surface area contributed by atoms with Crippen molar-refractivity contribution >= 4 is 41.2 Å². The third kappa shape index (κ3) is 7.69. The largest absolute Gasteiger partial charge is 0.481 e. The molecule has 10 nitrogen and oxygen atoms in total. The number of benzene rings is 2. The minimum atomic E-state index is -1.17. The first-order valence-electron chi connectivity index (χ1n) is 12.4. The SMILES string of the molecule is CCc1ccc(NC(=O)OCC2(C(=O)NCc3ccccc3Cl)CCN(C(=O)C(N)CC(=O)O)CC2)cc1. The maximum atomic E-state index is 13.4. The van der Waals surface area contributed by atoms with Crippen LogP contribution in [0.2, 0.25) is 5.02 Å². The highest BCUT2D eigenvalue weighted by Gasteiger charge is 2.44. The minimum absolute atomic E-state index is 0.162. The number of piperidine rings is 1. The number of nitrogens with two attached hydrogens (primary N) is 1. The molecule has 5 N–H and O–H groups in total. The van der Waals surface area contributed by atoms with Crippen molar-refractivity contribution in [3.05, 3.63) is 64.7 Å². The van der Waals surface area contributed by atoms with Gasteiger partial charge in [-0.1, -0.05) is 48.9 Å². The molecule has 2 aromatic rings. The molecule has 3 amide bonds. The fraction of sp³-hybridized carbons (Fsp3) is 0.407. The van der Waals surface area contributed by atoms with Gasteiger partial charge in [0.1, 0.15) is 6.61 Å². The van der Waals surface area contributed by atoms with Crippen LogP contribution in [0.15, 0.2) is 48.5 Å². The number of rotatable bonds is 10. The maximum absolute atomic E-state index is 13.4. The molecule has 1 unspecified atom stereocenters. The number of nitrogens with zero attached hydrogens (tertiary/aromatic N) is 1. The predicted octanol–water partition coefficient (Wildman–Crippen LogP) is 3.18. The fourth-order valence-electron chi connectivity index (χ4n) is 4.29. The number of halogens is 1. The van der Waals surface area contributed by atoms with Gasteiger partial charge in [0.2, 0.25) is 11.8 Å². The molecule has 0 aliphatic carbocycles. The minimum Gasteiger partial charge on any atom is -0.481 e. The van der Waals surface area contributed by atoms with E-state index in [9.17, 15) is 19.2 Å². The lowest BCUT2D eigenvalue weighted by molar-refractivity contribution is -0.145. The van der Waals surface area contributed by atoms with Gasteiger partial charge in [0.25, 0.3) is 0 Å². The van der Waals surface area contributed by atoms with Crippen molar-refractivity contribution in [1.29, 1.82) is 0 Å². The number of amides is 3. The van der Waals surface area contributed by atoms with Crippen LogP contribution in [0.4, 0.5) is 10.5 Å². The Hall–Kier alpha value is -3.63. The fourth-order valence-corrected chi connectivity index (χ4v) is 4.49. The number of hydrogen-bond acceptors (Lipinski definition) is 6. The first-order chi connectivity index (χ1) is 18.1. The summed E-state index contributed by atoms with van der Waals surface area (Å²) in [6.45, 7) is 2.34. The number of carboxylic acid groups (broad SMARTS) is 1.